The van der Waals surface area contributed by atoms with Crippen molar-refractivity contribution in [2.75, 3.05) is 13.1 Å². The van der Waals surface area contributed by atoms with Crippen LogP contribution < -0.4 is 10.6 Å². The van der Waals surface area contributed by atoms with Crippen LogP contribution in [0.2, 0.25) is 0 Å². The molecule has 0 bridgehead atoms. The Bertz CT molecular complexity index is 747. The third-order valence-corrected chi connectivity index (χ3v) is 4.56. The molecule has 126 valence electrons. The number of likely N-dealkylation sites (tertiary alicyclic amines) is 1. The number of carboxylic acids is 1. The Balaban J connectivity index is 1.84. The zero-order chi connectivity index (χ0) is 17.5. The van der Waals surface area contributed by atoms with E-state index in [0.717, 1.165) is 0 Å². The summed E-state index contributed by atoms with van der Waals surface area (Å²) in [4.78, 5) is 48.5. The van der Waals surface area contributed by atoms with Crippen molar-refractivity contribution in [2.45, 2.75) is 18.9 Å². The summed E-state index contributed by atoms with van der Waals surface area (Å²) in [5.74, 6) is -2.22. The van der Waals surface area contributed by atoms with Crippen molar-refractivity contribution in [3.05, 3.63) is 35.4 Å². The Morgan fingerprint density at radius 2 is 2.08 bits per heavy atom. The van der Waals surface area contributed by atoms with Gasteiger partial charge in [0.1, 0.15) is 5.54 Å². The number of hydrogen-bond acceptors (Lipinski definition) is 4. The molecule has 0 aromatic heterocycles. The predicted octanol–water partition coefficient (Wildman–Crippen LogP) is 0.288. The molecular weight excluding hydrogens is 314 g/mol. The first-order chi connectivity index (χ1) is 11.3. The second-order valence-corrected chi connectivity index (χ2v) is 6.19. The minimum atomic E-state index is -1.23. The Kier molecular flexibility index (Phi) is 3.75. The average molecular weight is 331 g/mol. The smallest absolute Gasteiger partial charge is 0.322 e. The number of carboxylic acid groups (broad SMARTS) is 1. The maximum atomic E-state index is 12.6. The van der Waals surface area contributed by atoms with Gasteiger partial charge in [-0.05, 0) is 31.0 Å². The molecule has 2 heterocycles. The monoisotopic (exact) mass is 331 g/mol. The first-order valence-corrected chi connectivity index (χ1v) is 7.57. The van der Waals surface area contributed by atoms with Crippen LogP contribution in [-0.2, 0) is 15.1 Å². The highest BCUT2D eigenvalue weighted by atomic mass is 16.4. The van der Waals surface area contributed by atoms with Crippen LogP contribution in [0.25, 0.3) is 0 Å². The lowest BCUT2D eigenvalue weighted by Crippen LogP contribution is -2.40. The lowest BCUT2D eigenvalue weighted by molar-refractivity contribution is -0.141. The minimum Gasteiger partial charge on any atom is -0.481 e. The standard InChI is InChI=1S/C16H17N3O5/c1-16(14(23)17-15(24)18-16)11-4-2-3-9(7-11)12(20)19-6-5-10(8-19)13(21)22/h2-4,7,10H,5-6,8H2,1H3,(H,21,22)(H2,17,18,23,24). The third kappa shape index (κ3) is 2.60. The average Bonchev–Trinajstić information content (AvgIpc) is 3.13. The van der Waals surface area contributed by atoms with Gasteiger partial charge in [-0.15, -0.1) is 0 Å². The summed E-state index contributed by atoms with van der Waals surface area (Å²) in [6.07, 6.45) is 0.428. The minimum absolute atomic E-state index is 0.173. The largest absolute Gasteiger partial charge is 0.481 e. The molecule has 2 aliphatic heterocycles. The fourth-order valence-electron chi connectivity index (χ4n) is 3.04. The highest BCUT2D eigenvalue weighted by Crippen LogP contribution is 2.26. The fraction of sp³-hybridized carbons (Fsp3) is 0.375. The Hall–Kier alpha value is -2.90. The van der Waals surface area contributed by atoms with E-state index in [9.17, 15) is 19.2 Å². The van der Waals surface area contributed by atoms with Crippen molar-refractivity contribution >= 4 is 23.8 Å². The second-order valence-electron chi connectivity index (χ2n) is 6.19. The maximum absolute atomic E-state index is 12.6. The van der Waals surface area contributed by atoms with E-state index in [1.54, 1.807) is 31.2 Å². The van der Waals surface area contributed by atoms with Crippen LogP contribution >= 0.6 is 0 Å². The van der Waals surface area contributed by atoms with E-state index >= 15 is 0 Å². The molecule has 24 heavy (non-hydrogen) atoms. The van der Waals surface area contributed by atoms with Crippen molar-refractivity contribution in [1.29, 1.82) is 0 Å². The lowest BCUT2D eigenvalue weighted by atomic mass is 9.91. The molecule has 4 amide bonds. The number of carbonyl (C=O) groups is 4. The number of benzene rings is 1. The molecule has 2 fully saturated rings. The fourth-order valence-corrected chi connectivity index (χ4v) is 3.04. The number of imide groups is 1. The van der Waals surface area contributed by atoms with Gasteiger partial charge in [0, 0.05) is 18.7 Å². The Morgan fingerprint density at radius 3 is 2.67 bits per heavy atom. The van der Waals surface area contributed by atoms with Crippen LogP contribution in [0.5, 0.6) is 0 Å². The molecule has 0 radical (unpaired) electrons. The summed E-state index contributed by atoms with van der Waals surface area (Å²) in [7, 11) is 0. The van der Waals surface area contributed by atoms with Gasteiger partial charge in [0.25, 0.3) is 11.8 Å². The van der Waals surface area contributed by atoms with Crippen LogP contribution in [0.1, 0.15) is 29.3 Å². The van der Waals surface area contributed by atoms with Crippen molar-refractivity contribution < 1.29 is 24.3 Å². The number of amides is 4. The van der Waals surface area contributed by atoms with Gasteiger partial charge in [-0.3, -0.25) is 19.7 Å². The van der Waals surface area contributed by atoms with E-state index in [0.29, 0.717) is 24.1 Å². The summed E-state index contributed by atoms with van der Waals surface area (Å²) >= 11 is 0. The van der Waals surface area contributed by atoms with E-state index in [4.69, 9.17) is 5.11 Å². The predicted molar refractivity (Wildman–Crippen MR) is 82.1 cm³/mol. The van der Waals surface area contributed by atoms with Gasteiger partial charge in [-0.25, -0.2) is 4.79 Å². The number of nitrogens with zero attached hydrogens (tertiary/aromatic N) is 1. The van der Waals surface area contributed by atoms with Crippen molar-refractivity contribution in [3.8, 4) is 0 Å². The molecular formula is C16H17N3O5. The molecule has 2 saturated heterocycles. The van der Waals surface area contributed by atoms with Gasteiger partial charge < -0.3 is 15.3 Å². The highest BCUT2D eigenvalue weighted by Gasteiger charge is 2.43. The maximum Gasteiger partial charge on any atom is 0.322 e. The number of hydrogen-bond donors (Lipinski definition) is 3. The number of carbonyl (C=O) groups excluding carboxylic acids is 3. The van der Waals surface area contributed by atoms with Crippen molar-refractivity contribution in [1.82, 2.24) is 15.5 Å². The molecule has 1 aromatic rings. The van der Waals surface area contributed by atoms with Gasteiger partial charge in [-0.1, -0.05) is 12.1 Å². The molecule has 3 N–H and O–H groups in total. The molecule has 2 aliphatic rings. The molecule has 2 atom stereocenters. The lowest BCUT2D eigenvalue weighted by Gasteiger charge is -2.22. The molecule has 2 unspecified atom stereocenters. The van der Waals surface area contributed by atoms with Crippen molar-refractivity contribution in [3.63, 3.8) is 0 Å². The number of nitrogens with one attached hydrogen (secondary N) is 2. The summed E-state index contributed by atoms with van der Waals surface area (Å²) < 4.78 is 0. The summed E-state index contributed by atoms with van der Waals surface area (Å²) in [5.41, 5.74) is -0.387. The van der Waals surface area contributed by atoms with Gasteiger partial charge in [0.05, 0.1) is 5.92 Å². The Labute approximate surface area is 137 Å². The molecule has 8 heteroatoms. The van der Waals surface area contributed by atoms with E-state index in [1.165, 1.54) is 4.90 Å². The van der Waals surface area contributed by atoms with Crippen LogP contribution in [-0.4, -0.2) is 46.9 Å². The summed E-state index contributed by atoms with van der Waals surface area (Å²) in [6, 6.07) is 5.88. The van der Waals surface area contributed by atoms with Crippen molar-refractivity contribution in [2.24, 2.45) is 5.92 Å². The molecule has 0 saturated carbocycles. The topological polar surface area (TPSA) is 116 Å². The molecule has 0 aliphatic carbocycles. The van der Waals surface area contributed by atoms with Crippen LogP contribution in [0.3, 0.4) is 0 Å². The third-order valence-electron chi connectivity index (χ3n) is 4.56. The SMILES string of the molecule is CC1(c2cccc(C(=O)N3CCC(C(=O)O)C3)c2)NC(=O)NC1=O. The van der Waals surface area contributed by atoms with Gasteiger partial charge in [-0.2, -0.15) is 0 Å². The van der Waals surface area contributed by atoms with Gasteiger partial charge >= 0.3 is 12.0 Å². The van der Waals surface area contributed by atoms with E-state index < -0.39 is 29.4 Å². The molecule has 3 rings (SSSR count). The zero-order valence-electron chi connectivity index (χ0n) is 13.0. The highest BCUT2D eigenvalue weighted by molar-refractivity contribution is 6.07. The van der Waals surface area contributed by atoms with Crippen LogP contribution in [0.4, 0.5) is 4.79 Å². The Morgan fingerprint density at radius 1 is 1.33 bits per heavy atom. The molecule has 0 spiro atoms. The van der Waals surface area contributed by atoms with E-state index in [-0.39, 0.29) is 12.5 Å². The van der Waals surface area contributed by atoms with E-state index in [1.807, 2.05) is 0 Å². The number of urea groups is 1. The van der Waals surface area contributed by atoms with E-state index in [2.05, 4.69) is 10.6 Å². The summed E-state index contributed by atoms with van der Waals surface area (Å²) in [6.45, 7) is 2.12. The number of rotatable bonds is 3. The first kappa shape index (κ1) is 16.0. The summed E-state index contributed by atoms with van der Waals surface area (Å²) in [5, 5.41) is 13.8. The zero-order valence-corrected chi connectivity index (χ0v) is 13.0. The van der Waals surface area contributed by atoms with Gasteiger partial charge in [0.2, 0.25) is 0 Å². The second kappa shape index (κ2) is 5.63. The van der Waals surface area contributed by atoms with Gasteiger partial charge in [0.15, 0.2) is 0 Å². The molecule has 8 nitrogen and oxygen atoms in total. The normalized spacial score (nSPS) is 26.2. The first-order valence-electron chi connectivity index (χ1n) is 7.57. The quantitative estimate of drug-likeness (QED) is 0.688. The molecule has 1 aromatic carbocycles. The van der Waals surface area contributed by atoms with Crippen LogP contribution in [0.15, 0.2) is 24.3 Å². The van der Waals surface area contributed by atoms with Crippen LogP contribution in [0, 0.1) is 5.92 Å². The number of aliphatic carboxylic acids is 1.